The van der Waals surface area contributed by atoms with Crippen LogP contribution in [-0.4, -0.2) is 39.1 Å². The van der Waals surface area contributed by atoms with Gasteiger partial charge in [0, 0.05) is 18.2 Å². The second-order valence-corrected chi connectivity index (χ2v) is 7.00. The molecular formula is C13H20ClN3O5S. The van der Waals surface area contributed by atoms with Gasteiger partial charge in [-0.15, -0.1) is 12.4 Å². The first-order chi connectivity index (χ1) is 10.3. The zero-order valence-electron chi connectivity index (χ0n) is 12.8. The number of nitro groups is 1. The fourth-order valence-corrected chi connectivity index (χ4v) is 3.81. The van der Waals surface area contributed by atoms with Gasteiger partial charge in [0.2, 0.25) is 10.0 Å². The fourth-order valence-electron chi connectivity index (χ4n) is 2.51. The summed E-state index contributed by atoms with van der Waals surface area (Å²) in [5.74, 6) is 0.0273. The number of ether oxygens (including phenoxy) is 1. The van der Waals surface area contributed by atoms with E-state index in [0.29, 0.717) is 12.8 Å². The number of piperidine rings is 1. The molecule has 0 radical (unpaired) electrons. The van der Waals surface area contributed by atoms with Crippen molar-refractivity contribution in [3.05, 3.63) is 28.3 Å². The Kier molecular flexibility index (Phi) is 6.75. The topological polar surface area (TPSA) is 111 Å². The molecule has 0 amide bonds. The van der Waals surface area contributed by atoms with Crippen molar-refractivity contribution >= 4 is 28.1 Å². The fraction of sp³-hybridized carbons (Fsp3) is 0.538. The van der Waals surface area contributed by atoms with Gasteiger partial charge >= 0.3 is 5.69 Å². The molecule has 1 aliphatic rings. The summed E-state index contributed by atoms with van der Waals surface area (Å²) in [6, 6.07) is 3.66. The molecular weight excluding hydrogens is 346 g/mol. The molecule has 1 saturated heterocycles. The van der Waals surface area contributed by atoms with Gasteiger partial charge in [0.25, 0.3) is 0 Å². The SMILES string of the molecule is COc1ccc(S(=O)(=O)NC2CCNC(C)C2)cc1[N+](=O)[O-].Cl. The summed E-state index contributed by atoms with van der Waals surface area (Å²) >= 11 is 0. The van der Waals surface area contributed by atoms with Crippen LogP contribution < -0.4 is 14.8 Å². The van der Waals surface area contributed by atoms with Crippen LogP contribution in [0.1, 0.15) is 19.8 Å². The monoisotopic (exact) mass is 365 g/mol. The maximum atomic E-state index is 12.4. The number of benzene rings is 1. The zero-order chi connectivity index (χ0) is 16.3. The van der Waals surface area contributed by atoms with Crippen LogP contribution >= 0.6 is 12.4 Å². The van der Waals surface area contributed by atoms with Crippen LogP contribution in [0.25, 0.3) is 0 Å². The first-order valence-corrected chi connectivity index (χ1v) is 8.40. The number of nitrogens with zero attached hydrogens (tertiary/aromatic N) is 1. The van der Waals surface area contributed by atoms with Crippen LogP contribution in [0.4, 0.5) is 5.69 Å². The van der Waals surface area contributed by atoms with Crippen LogP contribution in [0.5, 0.6) is 5.75 Å². The highest BCUT2D eigenvalue weighted by atomic mass is 35.5. The van der Waals surface area contributed by atoms with Crippen molar-refractivity contribution < 1.29 is 18.1 Å². The maximum absolute atomic E-state index is 12.4. The van der Waals surface area contributed by atoms with Gasteiger partial charge < -0.3 is 10.1 Å². The molecule has 0 aliphatic carbocycles. The van der Waals surface area contributed by atoms with Gasteiger partial charge in [-0.1, -0.05) is 0 Å². The van der Waals surface area contributed by atoms with E-state index >= 15 is 0 Å². The third-order valence-electron chi connectivity index (χ3n) is 3.60. The lowest BCUT2D eigenvalue weighted by Gasteiger charge is -2.28. The number of halogens is 1. The molecule has 2 N–H and O–H groups in total. The summed E-state index contributed by atoms with van der Waals surface area (Å²) in [6.45, 7) is 2.72. The van der Waals surface area contributed by atoms with E-state index in [1.807, 2.05) is 6.92 Å². The van der Waals surface area contributed by atoms with E-state index in [1.165, 1.54) is 19.2 Å². The van der Waals surface area contributed by atoms with Crippen molar-refractivity contribution in [2.75, 3.05) is 13.7 Å². The molecule has 2 atom stereocenters. The largest absolute Gasteiger partial charge is 0.490 e. The van der Waals surface area contributed by atoms with Gasteiger partial charge in [0.05, 0.1) is 16.9 Å². The van der Waals surface area contributed by atoms with Crippen LogP contribution in [0, 0.1) is 10.1 Å². The summed E-state index contributed by atoms with van der Waals surface area (Å²) in [6.07, 6.45) is 1.36. The van der Waals surface area contributed by atoms with Crippen LogP contribution in [-0.2, 0) is 10.0 Å². The number of nitro benzene ring substituents is 1. The summed E-state index contributed by atoms with van der Waals surface area (Å²) in [5, 5.41) is 14.2. The van der Waals surface area contributed by atoms with E-state index < -0.39 is 14.9 Å². The molecule has 8 nitrogen and oxygen atoms in total. The molecule has 2 unspecified atom stereocenters. The van der Waals surface area contributed by atoms with Gasteiger partial charge in [-0.3, -0.25) is 10.1 Å². The average molecular weight is 366 g/mol. The predicted octanol–water partition coefficient (Wildman–Crippen LogP) is 1.44. The predicted molar refractivity (Wildman–Crippen MR) is 87.7 cm³/mol. The highest BCUT2D eigenvalue weighted by Gasteiger charge is 2.26. The van der Waals surface area contributed by atoms with Crippen LogP contribution in [0.2, 0.25) is 0 Å². The molecule has 0 bridgehead atoms. The molecule has 0 aromatic heterocycles. The molecule has 1 fully saturated rings. The minimum absolute atomic E-state index is 0. The Bertz CT molecular complexity index is 668. The standard InChI is InChI=1S/C13H19N3O5S.ClH/c1-9-7-10(5-6-14-9)15-22(19,20)11-3-4-13(21-2)12(8-11)16(17)18;/h3-4,8-10,14-15H,5-7H2,1-2H3;1H. The number of nitrogens with one attached hydrogen (secondary N) is 2. The first kappa shape index (κ1) is 19.6. The molecule has 1 aliphatic heterocycles. The van der Waals surface area contributed by atoms with E-state index in [1.54, 1.807) is 0 Å². The lowest BCUT2D eigenvalue weighted by Crippen LogP contribution is -2.46. The molecule has 1 heterocycles. The number of rotatable bonds is 5. The Balaban J connectivity index is 0.00000264. The van der Waals surface area contributed by atoms with Crippen LogP contribution in [0.15, 0.2) is 23.1 Å². The second-order valence-electron chi connectivity index (χ2n) is 5.29. The number of hydrogen-bond acceptors (Lipinski definition) is 6. The van der Waals surface area contributed by atoms with E-state index in [9.17, 15) is 18.5 Å². The lowest BCUT2D eigenvalue weighted by molar-refractivity contribution is -0.386. The van der Waals surface area contributed by atoms with Crippen molar-refractivity contribution in [3.63, 3.8) is 0 Å². The summed E-state index contributed by atoms with van der Waals surface area (Å²) < 4.78 is 32.3. The maximum Gasteiger partial charge on any atom is 0.312 e. The van der Waals surface area contributed by atoms with Crippen molar-refractivity contribution in [2.45, 2.75) is 36.7 Å². The van der Waals surface area contributed by atoms with Crippen LogP contribution in [0.3, 0.4) is 0 Å². The minimum Gasteiger partial charge on any atom is -0.490 e. The molecule has 10 heteroatoms. The van der Waals surface area contributed by atoms with E-state index in [2.05, 4.69) is 10.0 Å². The number of hydrogen-bond donors (Lipinski definition) is 2. The summed E-state index contributed by atoms with van der Waals surface area (Å²) in [4.78, 5) is 10.2. The Morgan fingerprint density at radius 1 is 1.43 bits per heavy atom. The van der Waals surface area contributed by atoms with Gasteiger partial charge in [-0.25, -0.2) is 13.1 Å². The van der Waals surface area contributed by atoms with Gasteiger partial charge in [0.1, 0.15) is 0 Å². The Labute approximate surface area is 141 Å². The second kappa shape index (κ2) is 7.91. The van der Waals surface area contributed by atoms with Gasteiger partial charge in [-0.05, 0) is 38.4 Å². The van der Waals surface area contributed by atoms with E-state index in [0.717, 1.165) is 12.6 Å². The van der Waals surface area contributed by atoms with E-state index in [4.69, 9.17) is 4.74 Å². The van der Waals surface area contributed by atoms with Gasteiger partial charge in [-0.2, -0.15) is 0 Å². The third-order valence-corrected chi connectivity index (χ3v) is 5.12. The normalized spacial score (nSPS) is 21.3. The van der Waals surface area contributed by atoms with Crippen molar-refractivity contribution in [2.24, 2.45) is 0 Å². The quantitative estimate of drug-likeness (QED) is 0.603. The van der Waals surface area contributed by atoms with Crippen molar-refractivity contribution in [3.8, 4) is 5.75 Å². The molecule has 23 heavy (non-hydrogen) atoms. The zero-order valence-corrected chi connectivity index (χ0v) is 14.4. The Hall–Kier alpha value is -1.42. The molecule has 0 saturated carbocycles. The molecule has 2 rings (SSSR count). The van der Waals surface area contributed by atoms with E-state index in [-0.39, 0.29) is 40.8 Å². The van der Waals surface area contributed by atoms with Crippen molar-refractivity contribution in [1.29, 1.82) is 0 Å². The Morgan fingerprint density at radius 2 is 2.13 bits per heavy atom. The average Bonchev–Trinajstić information content (AvgIpc) is 2.46. The molecule has 130 valence electrons. The summed E-state index contributed by atoms with van der Waals surface area (Å²) in [7, 11) is -2.51. The number of sulfonamides is 1. The van der Waals surface area contributed by atoms with Gasteiger partial charge in [0.15, 0.2) is 5.75 Å². The molecule has 0 spiro atoms. The smallest absolute Gasteiger partial charge is 0.312 e. The first-order valence-electron chi connectivity index (χ1n) is 6.91. The molecule has 1 aromatic rings. The third kappa shape index (κ3) is 4.77. The highest BCUT2D eigenvalue weighted by Crippen LogP contribution is 2.29. The minimum atomic E-state index is -3.80. The van der Waals surface area contributed by atoms with Crippen molar-refractivity contribution in [1.82, 2.24) is 10.0 Å². The number of methoxy groups -OCH3 is 1. The highest BCUT2D eigenvalue weighted by molar-refractivity contribution is 7.89. The Morgan fingerprint density at radius 3 is 2.70 bits per heavy atom. The molecule has 1 aromatic carbocycles. The summed E-state index contributed by atoms with van der Waals surface area (Å²) in [5.41, 5.74) is -0.371. The lowest BCUT2D eigenvalue weighted by atomic mass is 10.0.